The first-order valence-corrected chi connectivity index (χ1v) is 12.8. The van der Waals surface area contributed by atoms with Gasteiger partial charge in [-0.05, 0) is 32.1 Å². The van der Waals surface area contributed by atoms with Crippen molar-refractivity contribution in [2.45, 2.75) is 108 Å². The molecule has 0 radical (unpaired) electrons. The summed E-state index contributed by atoms with van der Waals surface area (Å²) in [6, 6.07) is 0. The minimum absolute atomic E-state index is 0. The van der Waals surface area contributed by atoms with Gasteiger partial charge in [-0.2, -0.15) is 8.42 Å². The molecule has 32 heavy (non-hydrogen) atoms. The van der Waals surface area contributed by atoms with E-state index in [1.54, 1.807) is 0 Å². The first kappa shape index (κ1) is 37.1. The van der Waals surface area contributed by atoms with Gasteiger partial charge in [0, 0.05) is 0 Å². The second-order valence-electron chi connectivity index (χ2n) is 7.70. The monoisotopic (exact) mass is 496 g/mol. The summed E-state index contributed by atoms with van der Waals surface area (Å²) in [6.45, 7) is 2.36. The van der Waals surface area contributed by atoms with E-state index in [-0.39, 0.29) is 65.7 Å². The predicted octanol–water partition coefficient (Wildman–Crippen LogP) is 4.00. The van der Waals surface area contributed by atoms with Crippen molar-refractivity contribution >= 4 is 81.2 Å². The molecule has 0 aliphatic carbocycles. The standard InChI is InChI=1S/C22H40O7S.2Na.2H/c1-2-3-4-5-6-7-8-9-10-11-12-13-14-15-16-17-18-29-21(23)19-20(22(24)25)30(26,27)28;;;;/h9-10,20H,2-8,11-19H2,1H3,(H,24,25)(H,26,27,28);;;;/b10-9-;;;;. The van der Waals surface area contributed by atoms with Crippen LogP contribution in [0, 0.1) is 0 Å². The molecule has 0 aromatic rings. The zero-order chi connectivity index (χ0) is 22.7. The molecule has 0 aliphatic heterocycles. The number of allylic oxidation sites excluding steroid dienone is 2. The van der Waals surface area contributed by atoms with Crippen molar-refractivity contribution in [1.82, 2.24) is 0 Å². The average molecular weight is 497 g/mol. The first-order valence-electron chi connectivity index (χ1n) is 11.3. The third-order valence-electron chi connectivity index (χ3n) is 4.91. The van der Waals surface area contributed by atoms with Crippen LogP contribution >= 0.6 is 0 Å². The van der Waals surface area contributed by atoms with Gasteiger partial charge in [-0.25, -0.2) is 0 Å². The Balaban J connectivity index is -0.00000420. The molecule has 0 saturated heterocycles. The second-order valence-corrected chi connectivity index (χ2v) is 9.30. The number of aliphatic carboxylic acids is 1. The molecule has 1 unspecified atom stereocenters. The van der Waals surface area contributed by atoms with Gasteiger partial charge in [-0.1, -0.05) is 76.9 Å². The van der Waals surface area contributed by atoms with Gasteiger partial charge >= 0.3 is 71.1 Å². The summed E-state index contributed by atoms with van der Waals surface area (Å²) in [4.78, 5) is 22.3. The number of carbonyl (C=O) groups excluding carboxylic acids is 1. The van der Waals surface area contributed by atoms with Gasteiger partial charge in [0.1, 0.15) is 0 Å². The van der Waals surface area contributed by atoms with Crippen molar-refractivity contribution in [2.75, 3.05) is 6.61 Å². The van der Waals surface area contributed by atoms with E-state index in [0.29, 0.717) is 6.42 Å². The number of hydrogen-bond donors (Lipinski definition) is 2. The van der Waals surface area contributed by atoms with Crippen LogP contribution in [0.5, 0.6) is 0 Å². The Hall–Kier alpha value is 0.590. The fraction of sp³-hybridized carbons (Fsp3) is 0.818. The van der Waals surface area contributed by atoms with Gasteiger partial charge < -0.3 is 9.84 Å². The SMILES string of the molecule is CCCCCCCC/C=C\CCCCCCCCOC(=O)CC(C(=O)O)S(=O)(=O)O.[NaH].[NaH]. The van der Waals surface area contributed by atoms with E-state index in [4.69, 9.17) is 14.4 Å². The van der Waals surface area contributed by atoms with E-state index < -0.39 is 33.7 Å². The van der Waals surface area contributed by atoms with Gasteiger partial charge in [0.2, 0.25) is 0 Å². The number of carbonyl (C=O) groups is 2. The van der Waals surface area contributed by atoms with E-state index in [1.165, 1.54) is 51.4 Å². The van der Waals surface area contributed by atoms with Crippen LogP contribution in [-0.4, -0.2) is 101 Å². The number of carboxylic acid groups (broad SMARTS) is 1. The zero-order valence-corrected chi connectivity index (χ0v) is 19.2. The molecule has 0 amide bonds. The van der Waals surface area contributed by atoms with Crippen LogP contribution in [0.15, 0.2) is 12.2 Å². The van der Waals surface area contributed by atoms with Crippen molar-refractivity contribution in [3.63, 3.8) is 0 Å². The molecular weight excluding hydrogens is 454 g/mol. The molecule has 1 atom stereocenters. The Morgan fingerprint density at radius 2 is 1.25 bits per heavy atom. The van der Waals surface area contributed by atoms with Crippen molar-refractivity contribution in [3.05, 3.63) is 12.2 Å². The maximum atomic E-state index is 11.5. The van der Waals surface area contributed by atoms with E-state index in [0.717, 1.165) is 32.1 Å². The molecule has 7 nitrogen and oxygen atoms in total. The van der Waals surface area contributed by atoms with Crippen LogP contribution in [0.3, 0.4) is 0 Å². The molecule has 0 heterocycles. The van der Waals surface area contributed by atoms with Crippen molar-refractivity contribution in [2.24, 2.45) is 0 Å². The fourth-order valence-corrected chi connectivity index (χ4v) is 3.67. The van der Waals surface area contributed by atoms with Gasteiger partial charge in [-0.3, -0.25) is 14.1 Å². The molecule has 0 spiro atoms. The third-order valence-corrected chi connectivity index (χ3v) is 5.99. The summed E-state index contributed by atoms with van der Waals surface area (Å²) in [5.74, 6) is -2.71. The average Bonchev–Trinajstić information content (AvgIpc) is 2.67. The normalized spacial score (nSPS) is 12.1. The first-order chi connectivity index (χ1) is 14.3. The molecule has 2 N–H and O–H groups in total. The van der Waals surface area contributed by atoms with Crippen LogP contribution in [-0.2, 0) is 24.4 Å². The summed E-state index contributed by atoms with van der Waals surface area (Å²) in [5, 5.41) is 6.55. The Morgan fingerprint density at radius 1 is 0.812 bits per heavy atom. The molecule has 0 aromatic carbocycles. The summed E-state index contributed by atoms with van der Waals surface area (Å²) in [6.07, 6.45) is 20.0. The van der Waals surface area contributed by atoms with Gasteiger partial charge in [0.25, 0.3) is 10.1 Å². The number of unbranched alkanes of at least 4 members (excludes halogenated alkanes) is 12. The van der Waals surface area contributed by atoms with E-state index in [1.807, 2.05) is 0 Å². The Bertz CT molecular complexity index is 595. The number of hydrogen-bond acceptors (Lipinski definition) is 5. The van der Waals surface area contributed by atoms with Crippen LogP contribution in [0.2, 0.25) is 0 Å². The van der Waals surface area contributed by atoms with Crippen molar-refractivity contribution in [3.8, 4) is 0 Å². The number of esters is 1. The Labute approximate surface area is 238 Å². The number of ether oxygens (including phenoxy) is 1. The second kappa shape index (κ2) is 24.7. The molecule has 0 rings (SSSR count). The van der Waals surface area contributed by atoms with Crippen LogP contribution in [0.1, 0.15) is 103 Å². The predicted molar refractivity (Wildman–Crippen MR) is 132 cm³/mol. The number of rotatable bonds is 20. The van der Waals surface area contributed by atoms with Crippen molar-refractivity contribution in [1.29, 1.82) is 0 Å². The summed E-state index contributed by atoms with van der Waals surface area (Å²) >= 11 is 0. The summed E-state index contributed by atoms with van der Waals surface area (Å²) in [7, 11) is -4.83. The van der Waals surface area contributed by atoms with Gasteiger partial charge in [0.05, 0.1) is 13.0 Å². The summed E-state index contributed by atoms with van der Waals surface area (Å²) in [5.41, 5.74) is 0. The maximum absolute atomic E-state index is 11.5. The van der Waals surface area contributed by atoms with Crippen LogP contribution in [0.4, 0.5) is 0 Å². The summed E-state index contributed by atoms with van der Waals surface area (Å²) < 4.78 is 35.5. The van der Waals surface area contributed by atoms with Crippen molar-refractivity contribution < 1.29 is 32.4 Å². The quantitative estimate of drug-likeness (QED) is 0.0860. The third kappa shape index (κ3) is 23.7. The Morgan fingerprint density at radius 3 is 1.69 bits per heavy atom. The molecular formula is C22H42Na2O7S. The Kier molecular flexibility index (Phi) is 28.7. The molecule has 0 aliphatic rings. The topological polar surface area (TPSA) is 118 Å². The number of carboxylic acids is 1. The molecule has 0 bridgehead atoms. The molecule has 0 fully saturated rings. The molecule has 0 saturated carbocycles. The van der Waals surface area contributed by atoms with Crippen LogP contribution in [0.25, 0.3) is 0 Å². The zero-order valence-electron chi connectivity index (χ0n) is 18.4. The van der Waals surface area contributed by atoms with Gasteiger partial charge in [-0.15, -0.1) is 0 Å². The van der Waals surface area contributed by atoms with E-state index >= 15 is 0 Å². The minimum atomic E-state index is -4.83. The molecule has 0 aromatic heterocycles. The van der Waals surface area contributed by atoms with Gasteiger partial charge in [0.15, 0.2) is 5.25 Å². The molecule has 180 valence electrons. The van der Waals surface area contributed by atoms with Crippen LogP contribution < -0.4 is 0 Å². The fourth-order valence-electron chi connectivity index (χ4n) is 3.07. The van der Waals surface area contributed by atoms with E-state index in [9.17, 15) is 18.0 Å². The molecule has 10 heteroatoms. The van der Waals surface area contributed by atoms with E-state index in [2.05, 4.69) is 19.1 Å².